The summed E-state index contributed by atoms with van der Waals surface area (Å²) in [5.41, 5.74) is 2.01. The van der Waals surface area contributed by atoms with Crippen LogP contribution in [0.2, 0.25) is 0 Å². The third kappa shape index (κ3) is 3.79. The zero-order chi connectivity index (χ0) is 17.7. The Morgan fingerprint density at radius 2 is 2.00 bits per heavy atom. The highest BCUT2D eigenvalue weighted by molar-refractivity contribution is 7.80. The van der Waals surface area contributed by atoms with Gasteiger partial charge in [0.2, 0.25) is 0 Å². The molecule has 1 aromatic carbocycles. The molecule has 2 rings (SSSR count). The Hall–Kier alpha value is -2.28. The first kappa shape index (κ1) is 18.1. The molecule has 2 N–H and O–H groups in total. The van der Waals surface area contributed by atoms with E-state index < -0.39 is 6.04 Å². The molecule has 130 valence electrons. The summed E-state index contributed by atoms with van der Waals surface area (Å²) < 4.78 is 16.1. The summed E-state index contributed by atoms with van der Waals surface area (Å²) in [7, 11) is 1.58. The predicted octanol–water partition coefficient (Wildman–Crippen LogP) is 2.45. The Bertz CT molecular complexity index is 673. The molecule has 0 saturated carbocycles. The number of allylic oxidation sites excluding steroid dienone is 1. The second-order valence-electron chi connectivity index (χ2n) is 5.13. The number of benzene rings is 1. The van der Waals surface area contributed by atoms with E-state index in [1.54, 1.807) is 21.0 Å². The summed E-state index contributed by atoms with van der Waals surface area (Å²) in [5, 5.41) is 6.55. The molecule has 1 aliphatic rings. The van der Waals surface area contributed by atoms with Crippen molar-refractivity contribution >= 4 is 23.3 Å². The average Bonchev–Trinajstić information content (AvgIpc) is 2.54. The molecule has 1 aromatic rings. The number of ether oxygens (including phenoxy) is 3. The van der Waals surface area contributed by atoms with Crippen LogP contribution in [0.1, 0.15) is 32.4 Å². The maximum Gasteiger partial charge on any atom is 0.338 e. The molecule has 0 radical (unpaired) electrons. The summed E-state index contributed by atoms with van der Waals surface area (Å²) in [4.78, 5) is 12.4. The molecule has 1 aliphatic heterocycles. The Labute approximate surface area is 147 Å². The van der Waals surface area contributed by atoms with Crippen molar-refractivity contribution in [2.45, 2.75) is 26.8 Å². The molecule has 0 unspecified atom stereocenters. The predicted molar refractivity (Wildman–Crippen MR) is 95.1 cm³/mol. The SMILES string of the molecule is CCOC(=O)C1=C(C)NC(=S)N[C@H]1c1ccc(OCC)c(OC)c1. The highest BCUT2D eigenvalue weighted by atomic mass is 32.1. The Balaban J connectivity index is 2.45. The average molecular weight is 350 g/mol. The quantitative estimate of drug-likeness (QED) is 0.603. The molecule has 1 atom stereocenters. The van der Waals surface area contributed by atoms with Crippen molar-refractivity contribution in [3.63, 3.8) is 0 Å². The van der Waals surface area contributed by atoms with Crippen molar-refractivity contribution in [2.24, 2.45) is 0 Å². The maximum atomic E-state index is 12.4. The van der Waals surface area contributed by atoms with Crippen LogP contribution in [0.4, 0.5) is 0 Å². The number of carbonyl (C=O) groups excluding carboxylic acids is 1. The van der Waals surface area contributed by atoms with Crippen LogP contribution < -0.4 is 20.1 Å². The van der Waals surface area contributed by atoms with E-state index in [9.17, 15) is 4.79 Å². The van der Waals surface area contributed by atoms with E-state index >= 15 is 0 Å². The zero-order valence-corrected chi connectivity index (χ0v) is 15.1. The van der Waals surface area contributed by atoms with E-state index in [1.165, 1.54) is 0 Å². The second kappa shape index (κ2) is 8.01. The van der Waals surface area contributed by atoms with Crippen LogP contribution in [-0.2, 0) is 9.53 Å². The van der Waals surface area contributed by atoms with Crippen molar-refractivity contribution in [1.82, 2.24) is 10.6 Å². The van der Waals surface area contributed by atoms with Crippen molar-refractivity contribution in [3.05, 3.63) is 35.0 Å². The molecule has 0 fully saturated rings. The van der Waals surface area contributed by atoms with E-state index in [1.807, 2.05) is 25.1 Å². The monoisotopic (exact) mass is 350 g/mol. The van der Waals surface area contributed by atoms with Gasteiger partial charge in [0.05, 0.1) is 31.9 Å². The first-order chi connectivity index (χ1) is 11.5. The van der Waals surface area contributed by atoms with Crippen molar-refractivity contribution < 1.29 is 19.0 Å². The largest absolute Gasteiger partial charge is 0.493 e. The van der Waals surface area contributed by atoms with Gasteiger partial charge in [0.25, 0.3) is 0 Å². The fourth-order valence-corrected chi connectivity index (χ4v) is 2.83. The number of hydrogen-bond donors (Lipinski definition) is 2. The highest BCUT2D eigenvalue weighted by Gasteiger charge is 2.31. The lowest BCUT2D eigenvalue weighted by Crippen LogP contribution is -2.45. The van der Waals surface area contributed by atoms with Crippen molar-refractivity contribution in [1.29, 1.82) is 0 Å². The van der Waals surface area contributed by atoms with Crippen LogP contribution in [0, 0.1) is 0 Å². The van der Waals surface area contributed by atoms with E-state index in [0.29, 0.717) is 41.1 Å². The number of rotatable bonds is 6. The van der Waals surface area contributed by atoms with Crippen LogP contribution in [0.5, 0.6) is 11.5 Å². The maximum absolute atomic E-state index is 12.4. The van der Waals surface area contributed by atoms with Gasteiger partial charge < -0.3 is 24.8 Å². The number of carbonyl (C=O) groups is 1. The lowest BCUT2D eigenvalue weighted by Gasteiger charge is -2.30. The first-order valence-corrected chi connectivity index (χ1v) is 8.18. The minimum Gasteiger partial charge on any atom is -0.493 e. The molecule has 0 aromatic heterocycles. The Morgan fingerprint density at radius 1 is 1.25 bits per heavy atom. The molecule has 0 bridgehead atoms. The number of hydrogen-bond acceptors (Lipinski definition) is 5. The summed E-state index contributed by atoms with van der Waals surface area (Å²) in [6.45, 7) is 6.33. The smallest absolute Gasteiger partial charge is 0.338 e. The number of nitrogens with one attached hydrogen (secondary N) is 2. The molecular weight excluding hydrogens is 328 g/mol. The second-order valence-corrected chi connectivity index (χ2v) is 5.54. The third-order valence-electron chi connectivity index (χ3n) is 3.59. The summed E-state index contributed by atoms with van der Waals surface area (Å²) >= 11 is 5.23. The van der Waals surface area contributed by atoms with Gasteiger partial charge in [-0.2, -0.15) is 0 Å². The summed E-state index contributed by atoms with van der Waals surface area (Å²) in [5.74, 6) is 0.871. The van der Waals surface area contributed by atoms with E-state index in [2.05, 4.69) is 10.6 Å². The lowest BCUT2D eigenvalue weighted by molar-refractivity contribution is -0.139. The molecule has 0 aliphatic carbocycles. The minimum atomic E-state index is -0.414. The van der Waals surface area contributed by atoms with Crippen LogP contribution in [0.15, 0.2) is 29.5 Å². The summed E-state index contributed by atoms with van der Waals surface area (Å²) in [6.07, 6.45) is 0. The van der Waals surface area contributed by atoms with Gasteiger partial charge in [-0.05, 0) is 50.7 Å². The topological polar surface area (TPSA) is 68.8 Å². The number of thiocarbonyl (C=S) groups is 1. The molecule has 24 heavy (non-hydrogen) atoms. The zero-order valence-electron chi connectivity index (χ0n) is 14.3. The highest BCUT2D eigenvalue weighted by Crippen LogP contribution is 2.34. The molecule has 0 saturated heterocycles. The van der Waals surface area contributed by atoms with Gasteiger partial charge >= 0.3 is 5.97 Å². The Morgan fingerprint density at radius 3 is 2.62 bits per heavy atom. The molecule has 0 amide bonds. The van der Waals surface area contributed by atoms with E-state index in [4.69, 9.17) is 26.4 Å². The lowest BCUT2D eigenvalue weighted by atomic mass is 9.95. The summed E-state index contributed by atoms with van der Waals surface area (Å²) in [6, 6.07) is 5.12. The van der Waals surface area contributed by atoms with Gasteiger partial charge in [-0.25, -0.2) is 4.79 Å². The van der Waals surface area contributed by atoms with Gasteiger partial charge in [-0.15, -0.1) is 0 Å². The van der Waals surface area contributed by atoms with E-state index in [-0.39, 0.29) is 5.97 Å². The van der Waals surface area contributed by atoms with Gasteiger partial charge in [-0.1, -0.05) is 6.07 Å². The van der Waals surface area contributed by atoms with Crippen LogP contribution in [0.3, 0.4) is 0 Å². The minimum absolute atomic E-state index is 0.305. The van der Waals surface area contributed by atoms with Crippen LogP contribution >= 0.6 is 12.2 Å². The van der Waals surface area contributed by atoms with Crippen molar-refractivity contribution in [3.8, 4) is 11.5 Å². The standard InChI is InChI=1S/C17H22N2O4S/c1-5-22-12-8-7-11(9-13(12)21-4)15-14(16(20)23-6-2)10(3)18-17(24)19-15/h7-9,15H,5-6H2,1-4H3,(H2,18,19,24)/t15-/m0/s1. The van der Waals surface area contributed by atoms with E-state index in [0.717, 1.165) is 5.56 Å². The molecule has 0 spiro atoms. The van der Waals surface area contributed by atoms with Gasteiger partial charge in [0.15, 0.2) is 16.6 Å². The molecule has 6 nitrogen and oxygen atoms in total. The Kier molecular flexibility index (Phi) is 6.03. The fourth-order valence-electron chi connectivity index (χ4n) is 2.56. The third-order valence-corrected chi connectivity index (χ3v) is 3.81. The first-order valence-electron chi connectivity index (χ1n) is 7.77. The number of methoxy groups -OCH3 is 1. The fraction of sp³-hybridized carbons (Fsp3) is 0.412. The molecular formula is C17H22N2O4S. The molecule has 7 heteroatoms. The van der Waals surface area contributed by atoms with Gasteiger partial charge in [0, 0.05) is 5.70 Å². The van der Waals surface area contributed by atoms with Crippen LogP contribution in [0.25, 0.3) is 0 Å². The normalized spacial score (nSPS) is 17.0. The van der Waals surface area contributed by atoms with Gasteiger partial charge in [0.1, 0.15) is 0 Å². The van der Waals surface area contributed by atoms with Gasteiger partial charge in [-0.3, -0.25) is 0 Å². The molecule has 1 heterocycles. The number of esters is 1. The van der Waals surface area contributed by atoms with Crippen LogP contribution in [-0.4, -0.2) is 31.4 Å². The van der Waals surface area contributed by atoms with Crippen molar-refractivity contribution in [2.75, 3.05) is 20.3 Å².